The SMILES string of the molecule is Cc1noc(C)c1C(=O)NCC(c1ccccc1)N1CCOCC1. The average molecular weight is 329 g/mol. The zero-order valence-corrected chi connectivity index (χ0v) is 14.1. The molecule has 1 atom stereocenters. The van der Waals surface area contributed by atoms with Crippen LogP contribution in [0.3, 0.4) is 0 Å². The molecule has 1 aromatic heterocycles. The largest absolute Gasteiger partial charge is 0.379 e. The molecule has 6 nitrogen and oxygen atoms in total. The highest BCUT2D eigenvalue weighted by atomic mass is 16.5. The number of nitrogens with one attached hydrogen (secondary N) is 1. The molecule has 1 aromatic carbocycles. The minimum atomic E-state index is -0.138. The second-order valence-electron chi connectivity index (χ2n) is 5.98. The van der Waals surface area contributed by atoms with Crippen LogP contribution in [0.2, 0.25) is 0 Å². The number of nitrogens with zero attached hydrogens (tertiary/aromatic N) is 2. The van der Waals surface area contributed by atoms with Gasteiger partial charge in [0.2, 0.25) is 0 Å². The van der Waals surface area contributed by atoms with Gasteiger partial charge < -0.3 is 14.6 Å². The lowest BCUT2D eigenvalue weighted by Crippen LogP contribution is -2.43. The number of hydrogen-bond acceptors (Lipinski definition) is 5. The highest BCUT2D eigenvalue weighted by Crippen LogP contribution is 2.21. The molecule has 0 bridgehead atoms. The Morgan fingerprint density at radius 1 is 1.25 bits per heavy atom. The summed E-state index contributed by atoms with van der Waals surface area (Å²) < 4.78 is 10.5. The van der Waals surface area contributed by atoms with Crippen LogP contribution >= 0.6 is 0 Å². The summed E-state index contributed by atoms with van der Waals surface area (Å²) in [7, 11) is 0. The molecule has 1 aliphatic heterocycles. The standard InChI is InChI=1S/C18H23N3O3/c1-13-17(14(2)24-20-13)18(22)19-12-16(15-6-4-3-5-7-15)21-8-10-23-11-9-21/h3-7,16H,8-12H2,1-2H3,(H,19,22). The van der Waals surface area contributed by atoms with E-state index in [-0.39, 0.29) is 11.9 Å². The molecular weight excluding hydrogens is 306 g/mol. The number of aryl methyl sites for hydroxylation is 2. The van der Waals surface area contributed by atoms with E-state index < -0.39 is 0 Å². The molecule has 0 spiro atoms. The Kier molecular flexibility index (Phi) is 5.27. The van der Waals surface area contributed by atoms with Gasteiger partial charge in [-0.3, -0.25) is 9.69 Å². The zero-order chi connectivity index (χ0) is 16.9. The van der Waals surface area contributed by atoms with E-state index in [0.29, 0.717) is 23.6 Å². The van der Waals surface area contributed by atoms with Gasteiger partial charge in [0.25, 0.3) is 5.91 Å². The lowest BCUT2D eigenvalue weighted by molar-refractivity contribution is 0.0162. The van der Waals surface area contributed by atoms with Crippen LogP contribution in [0.25, 0.3) is 0 Å². The predicted octanol–water partition coefficient (Wildman–Crippen LogP) is 2.09. The first-order valence-electron chi connectivity index (χ1n) is 8.24. The molecule has 3 rings (SSSR count). The molecule has 2 aromatic rings. The molecule has 6 heteroatoms. The van der Waals surface area contributed by atoms with E-state index in [1.165, 1.54) is 5.56 Å². The maximum atomic E-state index is 12.5. The normalized spacial score (nSPS) is 16.8. The number of ether oxygens (including phenoxy) is 1. The van der Waals surface area contributed by atoms with Crippen molar-refractivity contribution in [3.05, 3.63) is 52.9 Å². The first kappa shape index (κ1) is 16.7. The Hall–Kier alpha value is -2.18. The number of carbonyl (C=O) groups is 1. The number of rotatable bonds is 5. The van der Waals surface area contributed by atoms with E-state index >= 15 is 0 Å². The fraction of sp³-hybridized carbons (Fsp3) is 0.444. The first-order valence-corrected chi connectivity index (χ1v) is 8.24. The van der Waals surface area contributed by atoms with Crippen LogP contribution in [0.4, 0.5) is 0 Å². The number of benzene rings is 1. The van der Waals surface area contributed by atoms with Crippen LogP contribution in [0.5, 0.6) is 0 Å². The Bertz CT molecular complexity index is 659. The van der Waals surface area contributed by atoms with Crippen molar-refractivity contribution in [1.29, 1.82) is 0 Å². The second-order valence-corrected chi connectivity index (χ2v) is 5.98. The quantitative estimate of drug-likeness (QED) is 0.910. The molecule has 1 aliphatic rings. The Labute approximate surface area is 141 Å². The molecule has 0 radical (unpaired) electrons. The van der Waals surface area contributed by atoms with E-state index in [9.17, 15) is 4.79 Å². The molecule has 1 saturated heterocycles. The molecule has 24 heavy (non-hydrogen) atoms. The molecule has 0 aliphatic carbocycles. The van der Waals surface area contributed by atoms with Gasteiger partial charge in [-0.2, -0.15) is 0 Å². The summed E-state index contributed by atoms with van der Waals surface area (Å²) in [6, 6.07) is 10.4. The van der Waals surface area contributed by atoms with Gasteiger partial charge in [0.05, 0.1) is 24.9 Å². The maximum Gasteiger partial charge on any atom is 0.256 e. The molecule has 1 amide bonds. The van der Waals surface area contributed by atoms with Crippen LogP contribution in [0, 0.1) is 13.8 Å². The van der Waals surface area contributed by atoms with Crippen molar-refractivity contribution < 1.29 is 14.1 Å². The van der Waals surface area contributed by atoms with Crippen molar-refractivity contribution in [3.8, 4) is 0 Å². The third kappa shape index (κ3) is 3.66. The average Bonchev–Trinajstić information content (AvgIpc) is 2.95. The first-order chi connectivity index (χ1) is 11.7. The van der Waals surface area contributed by atoms with Gasteiger partial charge in [0.1, 0.15) is 11.3 Å². The summed E-state index contributed by atoms with van der Waals surface area (Å²) in [4.78, 5) is 14.9. The predicted molar refractivity (Wildman–Crippen MR) is 89.9 cm³/mol. The molecule has 128 valence electrons. The summed E-state index contributed by atoms with van der Waals surface area (Å²) >= 11 is 0. The van der Waals surface area contributed by atoms with Gasteiger partial charge in [-0.05, 0) is 19.4 Å². The van der Waals surface area contributed by atoms with E-state index in [1.807, 2.05) is 18.2 Å². The van der Waals surface area contributed by atoms with Gasteiger partial charge in [0, 0.05) is 19.6 Å². The summed E-state index contributed by atoms with van der Waals surface area (Å²) in [6.07, 6.45) is 0. The summed E-state index contributed by atoms with van der Waals surface area (Å²) in [5.74, 6) is 0.410. The van der Waals surface area contributed by atoms with Crippen LogP contribution < -0.4 is 5.32 Å². The number of morpholine rings is 1. The van der Waals surface area contributed by atoms with Crippen molar-refractivity contribution >= 4 is 5.91 Å². The van der Waals surface area contributed by atoms with Gasteiger partial charge in [-0.1, -0.05) is 35.5 Å². The lowest BCUT2D eigenvalue weighted by Gasteiger charge is -2.34. The van der Waals surface area contributed by atoms with Crippen molar-refractivity contribution in [3.63, 3.8) is 0 Å². The molecule has 1 fully saturated rings. The van der Waals surface area contributed by atoms with Crippen LogP contribution in [0.15, 0.2) is 34.9 Å². The van der Waals surface area contributed by atoms with E-state index in [1.54, 1.807) is 13.8 Å². The molecule has 0 saturated carbocycles. The van der Waals surface area contributed by atoms with E-state index in [0.717, 1.165) is 26.3 Å². The van der Waals surface area contributed by atoms with E-state index in [4.69, 9.17) is 9.26 Å². The van der Waals surface area contributed by atoms with Crippen LogP contribution in [0.1, 0.15) is 33.4 Å². The maximum absolute atomic E-state index is 12.5. The fourth-order valence-electron chi connectivity index (χ4n) is 3.11. The third-order valence-corrected chi connectivity index (χ3v) is 4.39. The Morgan fingerprint density at radius 2 is 1.96 bits per heavy atom. The highest BCUT2D eigenvalue weighted by molar-refractivity contribution is 5.96. The van der Waals surface area contributed by atoms with Crippen molar-refractivity contribution in [2.75, 3.05) is 32.8 Å². The minimum Gasteiger partial charge on any atom is -0.379 e. The van der Waals surface area contributed by atoms with Gasteiger partial charge in [0.15, 0.2) is 0 Å². The van der Waals surface area contributed by atoms with Crippen molar-refractivity contribution in [2.45, 2.75) is 19.9 Å². The molecular formula is C18H23N3O3. The van der Waals surface area contributed by atoms with Gasteiger partial charge >= 0.3 is 0 Å². The van der Waals surface area contributed by atoms with Crippen LogP contribution in [-0.4, -0.2) is 48.8 Å². The second kappa shape index (κ2) is 7.59. The summed E-state index contributed by atoms with van der Waals surface area (Å²) in [5, 5.41) is 6.89. The lowest BCUT2D eigenvalue weighted by atomic mass is 10.0. The molecule has 2 heterocycles. The third-order valence-electron chi connectivity index (χ3n) is 4.39. The summed E-state index contributed by atoms with van der Waals surface area (Å²) in [5.41, 5.74) is 2.34. The smallest absolute Gasteiger partial charge is 0.256 e. The van der Waals surface area contributed by atoms with E-state index in [2.05, 4.69) is 27.5 Å². The monoisotopic (exact) mass is 329 g/mol. The molecule has 1 unspecified atom stereocenters. The zero-order valence-electron chi connectivity index (χ0n) is 14.1. The van der Waals surface area contributed by atoms with Gasteiger partial charge in [-0.15, -0.1) is 0 Å². The number of carbonyl (C=O) groups excluding carboxylic acids is 1. The number of amides is 1. The minimum absolute atomic E-state index is 0.125. The highest BCUT2D eigenvalue weighted by Gasteiger charge is 2.24. The fourth-order valence-corrected chi connectivity index (χ4v) is 3.11. The Morgan fingerprint density at radius 3 is 2.58 bits per heavy atom. The van der Waals surface area contributed by atoms with Crippen molar-refractivity contribution in [1.82, 2.24) is 15.4 Å². The molecule has 1 N–H and O–H groups in total. The van der Waals surface area contributed by atoms with Crippen molar-refractivity contribution in [2.24, 2.45) is 0 Å². The Balaban J connectivity index is 1.73. The van der Waals surface area contributed by atoms with Gasteiger partial charge in [-0.25, -0.2) is 0 Å². The topological polar surface area (TPSA) is 67.6 Å². The summed E-state index contributed by atoms with van der Waals surface area (Å²) in [6.45, 7) is 7.24. The van der Waals surface area contributed by atoms with Crippen LogP contribution in [-0.2, 0) is 4.74 Å². The number of aromatic nitrogens is 1. The number of hydrogen-bond donors (Lipinski definition) is 1.